The number of carbonyl (C=O) groups is 1. The molecule has 0 bridgehead atoms. The predicted octanol–water partition coefficient (Wildman–Crippen LogP) is 0.449. The Bertz CT molecular complexity index is 415. The summed E-state index contributed by atoms with van der Waals surface area (Å²) in [5.74, 6) is -0.859. The molecule has 2 aromatic rings. The third-order valence-electron chi connectivity index (χ3n) is 1.67. The Morgan fingerprint density at radius 3 is 3.33 bits per heavy atom. The van der Waals surface area contributed by atoms with Gasteiger partial charge in [-0.15, -0.1) is 0 Å². The Kier molecular flexibility index (Phi) is 1.36. The van der Waals surface area contributed by atoms with E-state index in [0.29, 0.717) is 0 Å². The number of rotatable bonds is 2. The van der Waals surface area contributed by atoms with Crippen molar-refractivity contribution in [1.82, 2.24) is 14.8 Å². The quantitative estimate of drug-likeness (QED) is 0.678. The molecule has 12 heavy (non-hydrogen) atoms. The van der Waals surface area contributed by atoms with Gasteiger partial charge in [0.1, 0.15) is 12.2 Å². The number of fused-ring (bicyclic) bond motifs is 1. The van der Waals surface area contributed by atoms with Gasteiger partial charge in [0.15, 0.2) is 0 Å². The summed E-state index contributed by atoms with van der Waals surface area (Å²) in [6, 6.07) is 1.82. The third-order valence-corrected chi connectivity index (χ3v) is 1.67. The van der Waals surface area contributed by atoms with Gasteiger partial charge in [-0.2, -0.15) is 5.10 Å². The van der Waals surface area contributed by atoms with E-state index in [2.05, 4.69) is 10.2 Å². The van der Waals surface area contributed by atoms with E-state index < -0.39 is 5.97 Å². The molecule has 0 spiro atoms. The lowest BCUT2D eigenvalue weighted by atomic mass is 10.5. The van der Waals surface area contributed by atoms with Crippen LogP contribution < -0.4 is 0 Å². The Balaban J connectivity index is 2.47. The Morgan fingerprint density at radius 2 is 2.58 bits per heavy atom. The molecule has 62 valence electrons. The predicted molar refractivity (Wildman–Crippen MR) is 41.7 cm³/mol. The second-order valence-electron chi connectivity index (χ2n) is 2.51. The van der Waals surface area contributed by atoms with Crippen LogP contribution in [0.15, 0.2) is 18.5 Å². The Morgan fingerprint density at radius 1 is 1.75 bits per heavy atom. The molecule has 0 aliphatic heterocycles. The molecule has 5 heteroatoms. The molecule has 0 fully saturated rings. The highest BCUT2D eigenvalue weighted by molar-refractivity contribution is 5.77. The number of carboxylic acid groups (broad SMARTS) is 1. The van der Waals surface area contributed by atoms with Crippen LogP contribution in [0.5, 0.6) is 0 Å². The summed E-state index contributed by atoms with van der Waals surface area (Å²) in [4.78, 5) is 10.4. The molecular weight excluding hydrogens is 158 g/mol. The van der Waals surface area contributed by atoms with Gasteiger partial charge >= 0.3 is 5.97 Å². The molecule has 2 N–H and O–H groups in total. The number of nitrogens with zero attached hydrogens (tertiary/aromatic N) is 2. The van der Waals surface area contributed by atoms with Gasteiger partial charge < -0.3 is 9.67 Å². The maximum Gasteiger partial charge on any atom is 0.323 e. The van der Waals surface area contributed by atoms with Crippen LogP contribution >= 0.6 is 0 Å². The van der Waals surface area contributed by atoms with Crippen LogP contribution in [0.3, 0.4) is 0 Å². The van der Waals surface area contributed by atoms with Gasteiger partial charge in [0.2, 0.25) is 0 Å². The number of carboxylic acids is 1. The fourth-order valence-corrected chi connectivity index (χ4v) is 1.16. The molecule has 0 amide bonds. The molecule has 0 aromatic carbocycles. The highest BCUT2D eigenvalue weighted by atomic mass is 16.4. The molecule has 0 saturated carbocycles. The standard InChI is InChI=1S/C7H7N3O2/c11-6(12)4-10-2-1-5-3-8-9-7(5)10/h1-3H,4H2,(H,8,9)(H,11,12). The molecule has 0 radical (unpaired) electrons. The number of hydrogen-bond donors (Lipinski definition) is 2. The number of aliphatic carboxylic acids is 1. The molecule has 0 saturated heterocycles. The van der Waals surface area contributed by atoms with Crippen LogP contribution in [0.4, 0.5) is 0 Å². The number of nitrogens with one attached hydrogen (secondary N) is 1. The number of aromatic nitrogens is 3. The maximum atomic E-state index is 10.4. The molecule has 0 atom stereocenters. The van der Waals surface area contributed by atoms with E-state index in [0.717, 1.165) is 11.0 Å². The van der Waals surface area contributed by atoms with Gasteiger partial charge in [-0.3, -0.25) is 9.89 Å². The van der Waals surface area contributed by atoms with Crippen LogP contribution in [-0.4, -0.2) is 25.8 Å². The van der Waals surface area contributed by atoms with Crippen molar-refractivity contribution in [3.8, 4) is 0 Å². The largest absolute Gasteiger partial charge is 0.480 e. The third kappa shape index (κ3) is 0.952. The van der Waals surface area contributed by atoms with Crippen molar-refractivity contribution in [2.75, 3.05) is 0 Å². The van der Waals surface area contributed by atoms with E-state index in [-0.39, 0.29) is 6.54 Å². The van der Waals surface area contributed by atoms with Crippen molar-refractivity contribution in [2.24, 2.45) is 0 Å². The monoisotopic (exact) mass is 165 g/mol. The number of aromatic amines is 1. The summed E-state index contributed by atoms with van der Waals surface area (Å²) < 4.78 is 1.60. The topological polar surface area (TPSA) is 70.9 Å². The summed E-state index contributed by atoms with van der Waals surface area (Å²) in [6.07, 6.45) is 3.38. The first-order valence-electron chi connectivity index (χ1n) is 3.47. The molecule has 2 aromatic heterocycles. The SMILES string of the molecule is O=C(O)Cn1ccc2cn[nH]c21. The zero-order valence-electron chi connectivity index (χ0n) is 6.19. The average molecular weight is 165 g/mol. The van der Waals surface area contributed by atoms with Gasteiger partial charge in [-0.1, -0.05) is 0 Å². The van der Waals surface area contributed by atoms with Crippen molar-refractivity contribution >= 4 is 17.0 Å². The van der Waals surface area contributed by atoms with E-state index >= 15 is 0 Å². The Hall–Kier alpha value is -1.78. The van der Waals surface area contributed by atoms with Gasteiger partial charge in [0, 0.05) is 11.6 Å². The molecule has 0 aliphatic carbocycles. The van der Waals surface area contributed by atoms with Gasteiger partial charge in [0.25, 0.3) is 0 Å². The van der Waals surface area contributed by atoms with Crippen LogP contribution in [-0.2, 0) is 11.3 Å². The first-order valence-corrected chi connectivity index (χ1v) is 3.47. The summed E-state index contributed by atoms with van der Waals surface area (Å²) in [7, 11) is 0. The lowest BCUT2D eigenvalue weighted by molar-refractivity contribution is -0.137. The number of hydrogen-bond acceptors (Lipinski definition) is 2. The van der Waals surface area contributed by atoms with Crippen molar-refractivity contribution < 1.29 is 9.90 Å². The lowest BCUT2D eigenvalue weighted by Crippen LogP contribution is -2.07. The smallest absolute Gasteiger partial charge is 0.323 e. The van der Waals surface area contributed by atoms with E-state index in [1.165, 1.54) is 0 Å². The van der Waals surface area contributed by atoms with Gasteiger partial charge in [-0.25, -0.2) is 0 Å². The maximum absolute atomic E-state index is 10.4. The average Bonchev–Trinajstić information content (AvgIpc) is 2.52. The van der Waals surface area contributed by atoms with Crippen LogP contribution in [0, 0.1) is 0 Å². The number of H-pyrrole nitrogens is 1. The van der Waals surface area contributed by atoms with Gasteiger partial charge in [-0.05, 0) is 6.07 Å². The minimum Gasteiger partial charge on any atom is -0.480 e. The van der Waals surface area contributed by atoms with Crippen LogP contribution in [0.1, 0.15) is 0 Å². The minimum atomic E-state index is -0.859. The fraction of sp³-hybridized carbons (Fsp3) is 0.143. The second kappa shape index (κ2) is 2.37. The lowest BCUT2D eigenvalue weighted by Gasteiger charge is -1.96. The van der Waals surface area contributed by atoms with Crippen molar-refractivity contribution in [2.45, 2.75) is 6.54 Å². The van der Waals surface area contributed by atoms with E-state index in [1.54, 1.807) is 17.0 Å². The minimum absolute atomic E-state index is 0.0360. The second-order valence-corrected chi connectivity index (χ2v) is 2.51. The van der Waals surface area contributed by atoms with Gasteiger partial charge in [0.05, 0.1) is 6.20 Å². The molecular formula is C7H7N3O2. The summed E-state index contributed by atoms with van der Waals surface area (Å²) in [5.41, 5.74) is 0.748. The summed E-state index contributed by atoms with van der Waals surface area (Å²) in [5, 5.41) is 16.0. The highest BCUT2D eigenvalue weighted by Crippen LogP contribution is 2.10. The van der Waals surface area contributed by atoms with Crippen molar-refractivity contribution in [3.05, 3.63) is 18.5 Å². The molecule has 0 aliphatic rings. The van der Waals surface area contributed by atoms with Crippen molar-refractivity contribution in [1.29, 1.82) is 0 Å². The fourth-order valence-electron chi connectivity index (χ4n) is 1.16. The normalized spacial score (nSPS) is 10.7. The highest BCUT2D eigenvalue weighted by Gasteiger charge is 2.04. The first kappa shape index (κ1) is 6.90. The molecule has 2 heterocycles. The first-order chi connectivity index (χ1) is 5.77. The summed E-state index contributed by atoms with van der Waals surface area (Å²) >= 11 is 0. The molecule has 5 nitrogen and oxygen atoms in total. The molecule has 2 rings (SSSR count). The van der Waals surface area contributed by atoms with Crippen LogP contribution in [0.2, 0.25) is 0 Å². The summed E-state index contributed by atoms with van der Waals surface area (Å²) in [6.45, 7) is -0.0360. The zero-order valence-corrected chi connectivity index (χ0v) is 6.19. The van der Waals surface area contributed by atoms with E-state index in [9.17, 15) is 4.79 Å². The van der Waals surface area contributed by atoms with Crippen molar-refractivity contribution in [3.63, 3.8) is 0 Å². The Labute approximate surface area is 67.6 Å². The van der Waals surface area contributed by atoms with Crippen LogP contribution in [0.25, 0.3) is 11.0 Å². The molecule has 0 unspecified atom stereocenters. The van der Waals surface area contributed by atoms with E-state index in [4.69, 9.17) is 5.11 Å². The van der Waals surface area contributed by atoms with E-state index in [1.807, 2.05) is 6.07 Å². The zero-order chi connectivity index (χ0) is 8.55.